The predicted octanol–water partition coefficient (Wildman–Crippen LogP) is 1.30. The van der Waals surface area contributed by atoms with E-state index in [1.807, 2.05) is 0 Å². The minimum absolute atomic E-state index is 0.0194. The largest absolute Gasteiger partial charge is 0.306 e. The van der Waals surface area contributed by atoms with E-state index in [0.29, 0.717) is 11.3 Å². The van der Waals surface area contributed by atoms with Crippen molar-refractivity contribution in [3.05, 3.63) is 74.7 Å². The summed E-state index contributed by atoms with van der Waals surface area (Å²) in [6, 6.07) is 10.4. The summed E-state index contributed by atoms with van der Waals surface area (Å²) in [5.74, 6) is -0.445. The van der Waals surface area contributed by atoms with Crippen LogP contribution in [0.1, 0.15) is 12.5 Å². The molecule has 0 aliphatic carbocycles. The Bertz CT molecular complexity index is 809. The summed E-state index contributed by atoms with van der Waals surface area (Å²) in [5, 5.41) is 14.5. The van der Waals surface area contributed by atoms with Crippen molar-refractivity contribution in [2.24, 2.45) is 5.10 Å². The number of hydrogen-bond acceptors (Lipinski definition) is 5. The molecule has 1 heterocycles. The number of hydrogen-bond donors (Lipinski definition) is 1. The number of nitrogens with zero attached hydrogens (tertiary/aromatic N) is 3. The number of hydrazone groups is 1. The second-order valence-corrected chi connectivity index (χ2v) is 4.70. The maximum Gasteiger partial charge on any atom is 0.269 e. The molecule has 2 aromatic rings. The van der Waals surface area contributed by atoms with Crippen molar-refractivity contribution in [1.82, 2.24) is 9.99 Å². The number of carbonyl (C=O) groups excluding carboxylic acids is 1. The van der Waals surface area contributed by atoms with Gasteiger partial charge in [0.05, 0.1) is 10.6 Å². The summed E-state index contributed by atoms with van der Waals surface area (Å²) in [7, 11) is 0. The molecule has 0 saturated carbocycles. The van der Waals surface area contributed by atoms with Crippen molar-refractivity contribution in [2.45, 2.75) is 13.5 Å². The fraction of sp³-hybridized carbons (Fsp3) is 0.133. The van der Waals surface area contributed by atoms with Crippen molar-refractivity contribution in [1.29, 1.82) is 0 Å². The van der Waals surface area contributed by atoms with E-state index in [2.05, 4.69) is 10.5 Å². The number of nitrogens with one attached hydrogen (secondary N) is 1. The van der Waals surface area contributed by atoms with Crippen molar-refractivity contribution in [2.75, 3.05) is 0 Å². The van der Waals surface area contributed by atoms with Gasteiger partial charge in [-0.2, -0.15) is 5.10 Å². The first kappa shape index (κ1) is 16.1. The van der Waals surface area contributed by atoms with Crippen molar-refractivity contribution < 1.29 is 9.72 Å². The van der Waals surface area contributed by atoms with Crippen LogP contribution >= 0.6 is 0 Å². The van der Waals surface area contributed by atoms with Crippen LogP contribution in [0.15, 0.2) is 58.6 Å². The molecule has 1 aromatic heterocycles. The maximum absolute atomic E-state index is 11.8. The molecule has 0 atom stereocenters. The van der Waals surface area contributed by atoms with E-state index in [4.69, 9.17) is 0 Å². The van der Waals surface area contributed by atoms with Crippen LogP contribution in [0.3, 0.4) is 0 Å². The number of nitro benzene ring substituents is 1. The number of pyridine rings is 1. The molecule has 0 aliphatic rings. The lowest BCUT2D eigenvalue weighted by atomic mass is 10.1. The van der Waals surface area contributed by atoms with Crippen molar-refractivity contribution in [3.8, 4) is 0 Å². The van der Waals surface area contributed by atoms with Crippen LogP contribution in [0.4, 0.5) is 5.69 Å². The summed E-state index contributed by atoms with van der Waals surface area (Å²) in [6.45, 7) is 1.52. The first-order valence-corrected chi connectivity index (χ1v) is 6.71. The third-order valence-electron chi connectivity index (χ3n) is 3.06. The molecule has 0 unspecified atom stereocenters. The molecule has 2 rings (SSSR count). The summed E-state index contributed by atoms with van der Waals surface area (Å²) >= 11 is 0. The Balaban J connectivity index is 2.01. The minimum Gasteiger partial charge on any atom is -0.306 e. The Morgan fingerprint density at radius 3 is 2.57 bits per heavy atom. The summed E-state index contributed by atoms with van der Waals surface area (Å²) < 4.78 is 1.26. The fourth-order valence-electron chi connectivity index (χ4n) is 1.82. The standard InChI is InChI=1S/C15H14N4O4/c1-11(12-5-7-13(8-6-12)19(22)23)16-17-14(20)10-18-9-3-2-4-15(18)21/h2-9H,10H2,1H3,(H,17,20)/b16-11-. The minimum atomic E-state index is -0.490. The van der Waals surface area contributed by atoms with Crippen LogP contribution in [-0.2, 0) is 11.3 Å². The van der Waals surface area contributed by atoms with Crippen molar-refractivity contribution >= 4 is 17.3 Å². The molecule has 1 N–H and O–H groups in total. The number of amides is 1. The van der Waals surface area contributed by atoms with Gasteiger partial charge in [-0.05, 0) is 30.7 Å². The van der Waals surface area contributed by atoms with Gasteiger partial charge in [-0.15, -0.1) is 0 Å². The lowest BCUT2D eigenvalue weighted by molar-refractivity contribution is -0.384. The Morgan fingerprint density at radius 2 is 1.96 bits per heavy atom. The van der Waals surface area contributed by atoms with Gasteiger partial charge < -0.3 is 4.57 Å². The SMILES string of the molecule is C/C(=N/NC(=O)Cn1ccccc1=O)c1ccc([N+](=O)[O-])cc1. The molecule has 1 aromatic carbocycles. The third-order valence-corrected chi connectivity index (χ3v) is 3.06. The zero-order valence-corrected chi connectivity index (χ0v) is 12.3. The zero-order chi connectivity index (χ0) is 16.8. The van der Waals surface area contributed by atoms with Gasteiger partial charge in [0.15, 0.2) is 0 Å². The van der Waals surface area contributed by atoms with Crippen LogP contribution in [0.25, 0.3) is 0 Å². The Kier molecular flexibility index (Phi) is 4.98. The normalized spacial score (nSPS) is 11.1. The average molecular weight is 314 g/mol. The van der Waals surface area contributed by atoms with Crippen LogP contribution in [-0.4, -0.2) is 21.1 Å². The van der Waals surface area contributed by atoms with Gasteiger partial charge in [0.2, 0.25) is 0 Å². The van der Waals surface area contributed by atoms with Gasteiger partial charge >= 0.3 is 0 Å². The highest BCUT2D eigenvalue weighted by molar-refractivity contribution is 5.99. The second-order valence-electron chi connectivity index (χ2n) is 4.70. The quantitative estimate of drug-likeness (QED) is 0.510. The topological polar surface area (TPSA) is 107 Å². The van der Waals surface area contributed by atoms with Gasteiger partial charge in [0.1, 0.15) is 6.54 Å². The fourth-order valence-corrected chi connectivity index (χ4v) is 1.82. The number of nitro groups is 1. The summed E-state index contributed by atoms with van der Waals surface area (Å²) in [6.07, 6.45) is 1.51. The van der Waals surface area contributed by atoms with E-state index in [1.165, 1.54) is 29.0 Å². The molecule has 1 amide bonds. The molecule has 8 heteroatoms. The van der Waals surface area contributed by atoms with Crippen LogP contribution < -0.4 is 11.0 Å². The first-order valence-electron chi connectivity index (χ1n) is 6.71. The number of carbonyl (C=O) groups is 1. The maximum atomic E-state index is 11.8. The summed E-state index contributed by atoms with van der Waals surface area (Å²) in [4.78, 5) is 33.4. The van der Waals surface area contributed by atoms with Crippen LogP contribution in [0.5, 0.6) is 0 Å². The van der Waals surface area contributed by atoms with E-state index >= 15 is 0 Å². The highest BCUT2D eigenvalue weighted by atomic mass is 16.6. The third kappa shape index (κ3) is 4.34. The highest BCUT2D eigenvalue weighted by Crippen LogP contribution is 2.12. The zero-order valence-electron chi connectivity index (χ0n) is 12.3. The first-order chi connectivity index (χ1) is 11.0. The van der Waals surface area contributed by atoms with Crippen molar-refractivity contribution in [3.63, 3.8) is 0 Å². The molecule has 0 fully saturated rings. The van der Waals surface area contributed by atoms with E-state index in [1.54, 1.807) is 31.2 Å². The highest BCUT2D eigenvalue weighted by Gasteiger charge is 2.06. The average Bonchev–Trinajstić information content (AvgIpc) is 2.55. The van der Waals surface area contributed by atoms with Gasteiger partial charge in [-0.25, -0.2) is 5.43 Å². The molecule has 0 aliphatic heterocycles. The molecule has 118 valence electrons. The molecule has 0 spiro atoms. The molecular weight excluding hydrogens is 300 g/mol. The molecule has 8 nitrogen and oxygen atoms in total. The number of non-ortho nitro benzene ring substituents is 1. The van der Waals surface area contributed by atoms with E-state index < -0.39 is 10.8 Å². The summed E-state index contributed by atoms with van der Waals surface area (Å²) in [5.41, 5.74) is 3.19. The van der Waals surface area contributed by atoms with Gasteiger partial charge in [0, 0.05) is 24.4 Å². The number of aromatic nitrogens is 1. The van der Waals surface area contributed by atoms with Gasteiger partial charge in [0.25, 0.3) is 17.2 Å². The molecule has 0 bridgehead atoms. The van der Waals surface area contributed by atoms with Gasteiger partial charge in [-0.3, -0.25) is 19.7 Å². The molecular formula is C15H14N4O4. The number of benzene rings is 1. The second kappa shape index (κ2) is 7.12. The molecule has 0 radical (unpaired) electrons. The predicted molar refractivity (Wildman–Crippen MR) is 84.2 cm³/mol. The van der Waals surface area contributed by atoms with E-state index in [0.717, 1.165) is 0 Å². The smallest absolute Gasteiger partial charge is 0.269 e. The van der Waals surface area contributed by atoms with E-state index in [9.17, 15) is 19.7 Å². The lowest BCUT2D eigenvalue weighted by Crippen LogP contribution is -2.29. The van der Waals surface area contributed by atoms with Gasteiger partial charge in [-0.1, -0.05) is 6.07 Å². The Morgan fingerprint density at radius 1 is 1.26 bits per heavy atom. The Labute approximate surface area is 131 Å². The van der Waals surface area contributed by atoms with Crippen LogP contribution in [0, 0.1) is 10.1 Å². The molecule has 0 saturated heterocycles. The lowest BCUT2D eigenvalue weighted by Gasteiger charge is -2.05. The molecule has 23 heavy (non-hydrogen) atoms. The Hall–Kier alpha value is -3.29. The van der Waals surface area contributed by atoms with Crippen LogP contribution in [0.2, 0.25) is 0 Å². The monoisotopic (exact) mass is 314 g/mol. The number of rotatable bonds is 5. The van der Waals surface area contributed by atoms with E-state index in [-0.39, 0.29) is 17.8 Å².